The molecule has 1 aliphatic rings. The number of nitrogens with zero attached hydrogens (tertiary/aromatic N) is 5. The summed E-state index contributed by atoms with van der Waals surface area (Å²) >= 11 is 0. The minimum Gasteiger partial charge on any atom is -0.369 e. The zero-order valence-corrected chi connectivity index (χ0v) is 20.2. The van der Waals surface area contributed by atoms with E-state index in [1.54, 1.807) is 19.0 Å². The minimum absolute atomic E-state index is 0.0112. The molecule has 7 heteroatoms. The Bertz CT molecular complexity index is 1330. The van der Waals surface area contributed by atoms with E-state index in [4.69, 9.17) is 4.98 Å². The van der Waals surface area contributed by atoms with E-state index in [0.29, 0.717) is 5.56 Å². The fourth-order valence-electron chi connectivity index (χ4n) is 4.52. The lowest BCUT2D eigenvalue weighted by atomic mass is 10.0. The summed E-state index contributed by atoms with van der Waals surface area (Å²) in [7, 11) is 5.69. The van der Waals surface area contributed by atoms with Gasteiger partial charge in [0.2, 0.25) is 0 Å². The number of hydrogen-bond donors (Lipinski definition) is 1. The van der Waals surface area contributed by atoms with Gasteiger partial charge in [0.05, 0.1) is 11.9 Å². The molecule has 0 spiro atoms. The van der Waals surface area contributed by atoms with Crippen molar-refractivity contribution in [3.63, 3.8) is 0 Å². The summed E-state index contributed by atoms with van der Waals surface area (Å²) in [6.45, 7) is 6.44. The number of piperazine rings is 1. The van der Waals surface area contributed by atoms with Gasteiger partial charge in [-0.25, -0.2) is 9.97 Å². The largest absolute Gasteiger partial charge is 0.369 e. The molecule has 0 bridgehead atoms. The average Bonchev–Trinajstić information content (AvgIpc) is 3.27. The fourth-order valence-corrected chi connectivity index (χ4v) is 4.52. The highest BCUT2D eigenvalue weighted by Crippen LogP contribution is 2.31. The van der Waals surface area contributed by atoms with Gasteiger partial charge in [0, 0.05) is 68.8 Å². The molecule has 2 aromatic heterocycles. The van der Waals surface area contributed by atoms with Gasteiger partial charge in [0.1, 0.15) is 5.52 Å². The van der Waals surface area contributed by atoms with Crippen molar-refractivity contribution in [1.29, 1.82) is 0 Å². The van der Waals surface area contributed by atoms with Crippen LogP contribution in [0.3, 0.4) is 0 Å². The van der Waals surface area contributed by atoms with Crippen molar-refractivity contribution in [3.05, 3.63) is 66.0 Å². The highest BCUT2D eigenvalue weighted by molar-refractivity contribution is 5.96. The molecule has 0 unspecified atom stereocenters. The smallest absolute Gasteiger partial charge is 0.253 e. The lowest BCUT2D eigenvalue weighted by Gasteiger charge is -2.35. The monoisotopic (exact) mass is 454 g/mol. The number of benzene rings is 2. The molecule has 1 saturated heterocycles. The first-order chi connectivity index (χ1) is 16.4. The molecule has 1 aliphatic heterocycles. The predicted octanol–water partition coefficient (Wildman–Crippen LogP) is 4.05. The Morgan fingerprint density at radius 3 is 2.38 bits per heavy atom. The van der Waals surface area contributed by atoms with E-state index in [0.717, 1.165) is 59.7 Å². The Kier molecular flexibility index (Phi) is 5.79. The second-order valence-corrected chi connectivity index (χ2v) is 9.22. The number of aryl methyl sites for hydroxylation is 1. The van der Waals surface area contributed by atoms with Crippen molar-refractivity contribution in [2.75, 3.05) is 52.2 Å². The van der Waals surface area contributed by atoms with Crippen LogP contribution in [0.2, 0.25) is 0 Å². The van der Waals surface area contributed by atoms with Crippen LogP contribution in [-0.2, 0) is 0 Å². The van der Waals surface area contributed by atoms with Gasteiger partial charge in [-0.3, -0.25) is 4.79 Å². The van der Waals surface area contributed by atoms with Crippen LogP contribution in [0.1, 0.15) is 15.9 Å². The third kappa shape index (κ3) is 4.15. The molecule has 0 aliphatic carbocycles. The quantitative estimate of drug-likeness (QED) is 0.504. The maximum Gasteiger partial charge on any atom is 0.253 e. The van der Waals surface area contributed by atoms with Crippen LogP contribution in [0.5, 0.6) is 0 Å². The van der Waals surface area contributed by atoms with E-state index in [1.165, 1.54) is 11.3 Å². The number of H-pyrrole nitrogens is 1. The number of hydrogen-bond acceptors (Lipinski definition) is 5. The van der Waals surface area contributed by atoms with Crippen molar-refractivity contribution in [2.45, 2.75) is 6.92 Å². The number of likely N-dealkylation sites (N-methyl/N-ethyl adjacent to an activating group) is 1. The van der Waals surface area contributed by atoms with Gasteiger partial charge in [0.25, 0.3) is 5.91 Å². The molecule has 1 N–H and O–H groups in total. The lowest BCUT2D eigenvalue weighted by molar-refractivity contribution is 0.0827. The predicted molar refractivity (Wildman–Crippen MR) is 137 cm³/mol. The molecule has 5 rings (SSSR count). The van der Waals surface area contributed by atoms with Crippen molar-refractivity contribution < 1.29 is 4.79 Å². The molecular formula is C27H30N6O. The summed E-state index contributed by atoms with van der Waals surface area (Å²) in [5.41, 5.74) is 8.65. The van der Waals surface area contributed by atoms with Gasteiger partial charge < -0.3 is 19.7 Å². The molecule has 1 fully saturated rings. The number of aromatic nitrogens is 3. The first-order valence-electron chi connectivity index (χ1n) is 11.6. The number of anilines is 1. The van der Waals surface area contributed by atoms with E-state index in [-0.39, 0.29) is 5.91 Å². The van der Waals surface area contributed by atoms with Crippen LogP contribution < -0.4 is 4.90 Å². The molecule has 174 valence electrons. The molecule has 0 atom stereocenters. The molecule has 34 heavy (non-hydrogen) atoms. The number of carbonyl (C=O) groups is 1. The van der Waals surface area contributed by atoms with Gasteiger partial charge >= 0.3 is 0 Å². The number of nitrogens with one attached hydrogen (secondary N) is 1. The summed E-state index contributed by atoms with van der Waals surface area (Å²) in [5, 5.41) is 0. The van der Waals surface area contributed by atoms with E-state index >= 15 is 0 Å². The van der Waals surface area contributed by atoms with E-state index in [2.05, 4.69) is 51.9 Å². The standard InChI is InChI=1S/C27H30N6O/c1-18-15-21(9-10-24(18)33-13-11-32(4)12-14-33)23-17-29-26-25(30-23)22(16-28-26)19-5-7-20(8-6-19)27(34)31(2)3/h5-10,15-17H,11-14H2,1-4H3,(H,28,29). The summed E-state index contributed by atoms with van der Waals surface area (Å²) in [4.78, 5) is 31.5. The molecule has 4 aromatic rings. The third-order valence-corrected chi connectivity index (χ3v) is 6.57. The van der Waals surface area contributed by atoms with Crippen molar-refractivity contribution >= 4 is 22.8 Å². The summed E-state index contributed by atoms with van der Waals surface area (Å²) < 4.78 is 0. The SMILES string of the molecule is Cc1cc(-c2cnc3[nH]cc(-c4ccc(C(=O)N(C)C)cc4)c3n2)ccc1N1CCN(C)CC1. The molecule has 3 heterocycles. The molecule has 2 aromatic carbocycles. The molecule has 0 radical (unpaired) electrons. The first-order valence-corrected chi connectivity index (χ1v) is 11.6. The van der Waals surface area contributed by atoms with Crippen LogP contribution >= 0.6 is 0 Å². The molecule has 0 saturated carbocycles. The van der Waals surface area contributed by atoms with Crippen LogP contribution in [-0.4, -0.2) is 78.0 Å². The Morgan fingerprint density at radius 2 is 1.71 bits per heavy atom. The lowest BCUT2D eigenvalue weighted by Crippen LogP contribution is -2.44. The van der Waals surface area contributed by atoms with E-state index < -0.39 is 0 Å². The molecule has 1 amide bonds. The van der Waals surface area contributed by atoms with Gasteiger partial charge in [-0.2, -0.15) is 0 Å². The highest BCUT2D eigenvalue weighted by Gasteiger charge is 2.17. The molecule has 7 nitrogen and oxygen atoms in total. The minimum atomic E-state index is -0.0112. The number of aromatic amines is 1. The molecular weight excluding hydrogens is 424 g/mol. The van der Waals surface area contributed by atoms with Crippen LogP contribution in [0, 0.1) is 6.92 Å². The van der Waals surface area contributed by atoms with E-state index in [9.17, 15) is 4.79 Å². The highest BCUT2D eigenvalue weighted by atomic mass is 16.2. The van der Waals surface area contributed by atoms with Gasteiger partial charge in [0.15, 0.2) is 5.65 Å². The number of amides is 1. The Morgan fingerprint density at radius 1 is 1.00 bits per heavy atom. The second-order valence-electron chi connectivity index (χ2n) is 9.22. The summed E-state index contributed by atoms with van der Waals surface area (Å²) in [6.07, 6.45) is 3.75. The second kappa shape index (κ2) is 8.91. The van der Waals surface area contributed by atoms with Crippen molar-refractivity contribution in [1.82, 2.24) is 24.8 Å². The van der Waals surface area contributed by atoms with Gasteiger partial charge in [-0.1, -0.05) is 18.2 Å². The third-order valence-electron chi connectivity index (χ3n) is 6.57. The Balaban J connectivity index is 1.45. The van der Waals surface area contributed by atoms with Crippen LogP contribution in [0.15, 0.2) is 54.9 Å². The Labute approximate surface area is 200 Å². The Hall–Kier alpha value is -3.71. The summed E-state index contributed by atoms with van der Waals surface area (Å²) in [5.74, 6) is -0.0112. The first kappa shape index (κ1) is 22.1. The van der Waals surface area contributed by atoms with Crippen LogP contribution in [0.4, 0.5) is 5.69 Å². The zero-order valence-electron chi connectivity index (χ0n) is 20.2. The topological polar surface area (TPSA) is 68.4 Å². The maximum absolute atomic E-state index is 12.2. The average molecular weight is 455 g/mol. The number of carbonyl (C=O) groups excluding carboxylic acids is 1. The van der Waals surface area contributed by atoms with Gasteiger partial charge in [-0.15, -0.1) is 0 Å². The maximum atomic E-state index is 12.2. The van der Waals surface area contributed by atoms with Crippen LogP contribution in [0.25, 0.3) is 33.5 Å². The number of rotatable bonds is 4. The van der Waals surface area contributed by atoms with Crippen molar-refractivity contribution in [2.24, 2.45) is 0 Å². The normalized spacial score (nSPS) is 14.5. The zero-order chi connectivity index (χ0) is 23.8. The number of fused-ring (bicyclic) bond motifs is 1. The fraction of sp³-hybridized carbons (Fsp3) is 0.296. The summed E-state index contributed by atoms with van der Waals surface area (Å²) in [6, 6.07) is 14.2. The van der Waals surface area contributed by atoms with Gasteiger partial charge in [-0.05, 0) is 49.4 Å². The van der Waals surface area contributed by atoms with Crippen molar-refractivity contribution in [3.8, 4) is 22.4 Å². The van der Waals surface area contributed by atoms with E-state index in [1.807, 2.05) is 36.7 Å².